The Morgan fingerprint density at radius 2 is 1.90 bits per heavy atom. The minimum atomic E-state index is -0.0952. The Bertz CT molecular complexity index is 722. The number of nitriles is 1. The SMILES string of the molecule is COc1ccc(/C=C/c2ccn(CCC#N)c(=O)c2)cc1. The number of aromatic nitrogens is 1. The van der Waals surface area contributed by atoms with Gasteiger partial charge in [0.2, 0.25) is 0 Å². The molecule has 0 saturated heterocycles. The van der Waals surface area contributed by atoms with Crippen LogP contribution >= 0.6 is 0 Å². The lowest BCUT2D eigenvalue weighted by molar-refractivity contribution is 0.415. The number of hydrogen-bond acceptors (Lipinski definition) is 3. The molecular weight excluding hydrogens is 264 g/mol. The molecule has 0 bridgehead atoms. The molecule has 4 nitrogen and oxygen atoms in total. The molecule has 1 heterocycles. The van der Waals surface area contributed by atoms with Gasteiger partial charge in [-0.1, -0.05) is 24.3 Å². The van der Waals surface area contributed by atoms with E-state index < -0.39 is 0 Å². The summed E-state index contributed by atoms with van der Waals surface area (Å²) >= 11 is 0. The molecule has 0 fully saturated rings. The van der Waals surface area contributed by atoms with Crippen molar-refractivity contribution in [3.8, 4) is 11.8 Å². The molecule has 0 amide bonds. The van der Waals surface area contributed by atoms with Gasteiger partial charge in [-0.15, -0.1) is 0 Å². The smallest absolute Gasteiger partial charge is 0.251 e. The van der Waals surface area contributed by atoms with E-state index in [1.807, 2.05) is 48.6 Å². The van der Waals surface area contributed by atoms with E-state index in [1.54, 1.807) is 19.4 Å². The Balaban J connectivity index is 2.12. The summed E-state index contributed by atoms with van der Waals surface area (Å²) in [7, 11) is 1.63. The Morgan fingerprint density at radius 1 is 1.19 bits per heavy atom. The second-order valence-electron chi connectivity index (χ2n) is 4.51. The third-order valence-corrected chi connectivity index (χ3v) is 3.07. The molecule has 0 aliphatic heterocycles. The van der Waals surface area contributed by atoms with Crippen molar-refractivity contribution in [3.05, 3.63) is 64.1 Å². The van der Waals surface area contributed by atoms with E-state index in [1.165, 1.54) is 4.57 Å². The molecule has 0 atom stereocenters. The van der Waals surface area contributed by atoms with Crippen LogP contribution in [0.4, 0.5) is 0 Å². The van der Waals surface area contributed by atoms with E-state index in [4.69, 9.17) is 10.00 Å². The zero-order valence-corrected chi connectivity index (χ0v) is 11.8. The minimum absolute atomic E-state index is 0.0952. The number of benzene rings is 1. The van der Waals surface area contributed by atoms with Gasteiger partial charge in [-0.05, 0) is 29.3 Å². The van der Waals surface area contributed by atoms with E-state index in [9.17, 15) is 4.79 Å². The molecule has 0 radical (unpaired) electrons. The van der Waals surface area contributed by atoms with Crippen LogP contribution in [0, 0.1) is 11.3 Å². The quantitative estimate of drug-likeness (QED) is 0.846. The van der Waals surface area contributed by atoms with Crippen molar-refractivity contribution in [1.29, 1.82) is 5.26 Å². The molecule has 106 valence electrons. The third kappa shape index (κ3) is 4.08. The van der Waals surface area contributed by atoms with Crippen LogP contribution in [0.2, 0.25) is 0 Å². The number of rotatable bonds is 5. The zero-order valence-electron chi connectivity index (χ0n) is 11.8. The summed E-state index contributed by atoms with van der Waals surface area (Å²) in [5.74, 6) is 0.812. The lowest BCUT2D eigenvalue weighted by atomic mass is 10.1. The fourth-order valence-electron chi connectivity index (χ4n) is 1.89. The normalized spacial score (nSPS) is 10.5. The van der Waals surface area contributed by atoms with Gasteiger partial charge in [0.25, 0.3) is 5.56 Å². The average Bonchev–Trinajstić information content (AvgIpc) is 2.52. The first-order chi connectivity index (χ1) is 10.2. The average molecular weight is 280 g/mol. The maximum absolute atomic E-state index is 11.8. The summed E-state index contributed by atoms with van der Waals surface area (Å²) in [4.78, 5) is 11.8. The van der Waals surface area contributed by atoms with E-state index >= 15 is 0 Å². The van der Waals surface area contributed by atoms with Crippen LogP contribution in [0.5, 0.6) is 5.75 Å². The van der Waals surface area contributed by atoms with Gasteiger partial charge in [0.05, 0.1) is 19.6 Å². The van der Waals surface area contributed by atoms with Gasteiger partial charge in [-0.2, -0.15) is 5.26 Å². The number of aryl methyl sites for hydroxylation is 1. The fourth-order valence-corrected chi connectivity index (χ4v) is 1.89. The predicted octanol–water partition coefficient (Wildman–Crippen LogP) is 2.94. The van der Waals surface area contributed by atoms with Crippen LogP contribution < -0.4 is 10.3 Å². The molecule has 4 heteroatoms. The van der Waals surface area contributed by atoms with Crippen LogP contribution in [-0.4, -0.2) is 11.7 Å². The van der Waals surface area contributed by atoms with Gasteiger partial charge in [0.15, 0.2) is 0 Å². The molecule has 0 spiro atoms. The molecular formula is C17H16N2O2. The molecule has 1 aromatic carbocycles. The molecule has 0 saturated carbocycles. The summed E-state index contributed by atoms with van der Waals surface area (Å²) < 4.78 is 6.64. The van der Waals surface area contributed by atoms with Crippen LogP contribution in [-0.2, 0) is 6.54 Å². The van der Waals surface area contributed by atoms with Gasteiger partial charge in [0.1, 0.15) is 5.75 Å². The highest BCUT2D eigenvalue weighted by Gasteiger charge is 1.96. The number of pyridine rings is 1. The molecule has 0 aliphatic carbocycles. The molecule has 0 N–H and O–H groups in total. The maximum atomic E-state index is 11.8. The highest BCUT2D eigenvalue weighted by atomic mass is 16.5. The molecule has 0 unspecified atom stereocenters. The van der Waals surface area contributed by atoms with Gasteiger partial charge < -0.3 is 9.30 Å². The summed E-state index contributed by atoms with van der Waals surface area (Å²) in [6, 6.07) is 13.1. The van der Waals surface area contributed by atoms with E-state index in [0.29, 0.717) is 13.0 Å². The molecule has 1 aromatic heterocycles. The van der Waals surface area contributed by atoms with Crippen LogP contribution in [0.15, 0.2) is 47.4 Å². The topological polar surface area (TPSA) is 55.0 Å². The summed E-state index contributed by atoms with van der Waals surface area (Å²) in [5.41, 5.74) is 1.77. The highest BCUT2D eigenvalue weighted by Crippen LogP contribution is 2.13. The second-order valence-corrected chi connectivity index (χ2v) is 4.51. The van der Waals surface area contributed by atoms with Crippen molar-refractivity contribution in [2.45, 2.75) is 13.0 Å². The Hall–Kier alpha value is -2.80. The first-order valence-electron chi connectivity index (χ1n) is 6.62. The van der Waals surface area contributed by atoms with E-state index in [0.717, 1.165) is 16.9 Å². The molecule has 21 heavy (non-hydrogen) atoms. The monoisotopic (exact) mass is 280 g/mol. The first kappa shape index (κ1) is 14.6. The molecule has 2 rings (SSSR count). The van der Waals surface area contributed by atoms with Crippen molar-refractivity contribution in [3.63, 3.8) is 0 Å². The van der Waals surface area contributed by atoms with E-state index in [-0.39, 0.29) is 5.56 Å². The zero-order chi connectivity index (χ0) is 15.1. The summed E-state index contributed by atoms with van der Waals surface area (Å²) in [6.07, 6.45) is 5.87. The lowest BCUT2D eigenvalue weighted by Crippen LogP contribution is -2.18. The highest BCUT2D eigenvalue weighted by molar-refractivity contribution is 5.69. The number of ether oxygens (including phenoxy) is 1. The van der Waals surface area contributed by atoms with Crippen molar-refractivity contribution in [2.75, 3.05) is 7.11 Å². The van der Waals surface area contributed by atoms with Crippen LogP contribution in [0.3, 0.4) is 0 Å². The van der Waals surface area contributed by atoms with Gasteiger partial charge in [-0.3, -0.25) is 4.79 Å². The predicted molar refractivity (Wildman–Crippen MR) is 82.9 cm³/mol. The summed E-state index contributed by atoms with van der Waals surface area (Å²) in [5, 5.41) is 8.54. The fraction of sp³-hybridized carbons (Fsp3) is 0.176. The first-order valence-corrected chi connectivity index (χ1v) is 6.62. The lowest BCUT2D eigenvalue weighted by Gasteiger charge is -2.02. The Labute approximate surface area is 123 Å². The largest absolute Gasteiger partial charge is 0.497 e. The van der Waals surface area contributed by atoms with E-state index in [2.05, 4.69) is 0 Å². The number of hydrogen-bond donors (Lipinski definition) is 0. The van der Waals surface area contributed by atoms with Crippen molar-refractivity contribution in [2.24, 2.45) is 0 Å². The van der Waals surface area contributed by atoms with Crippen molar-refractivity contribution < 1.29 is 4.74 Å². The number of nitrogens with zero attached hydrogens (tertiary/aromatic N) is 2. The van der Waals surface area contributed by atoms with Gasteiger partial charge in [-0.25, -0.2) is 0 Å². The van der Waals surface area contributed by atoms with Crippen molar-refractivity contribution in [1.82, 2.24) is 4.57 Å². The summed E-state index contributed by atoms with van der Waals surface area (Å²) in [6.45, 7) is 0.428. The van der Waals surface area contributed by atoms with Gasteiger partial charge in [0, 0.05) is 18.8 Å². The Kier molecular flexibility index (Phi) is 4.94. The van der Waals surface area contributed by atoms with Gasteiger partial charge >= 0.3 is 0 Å². The maximum Gasteiger partial charge on any atom is 0.251 e. The number of methoxy groups -OCH3 is 1. The second kappa shape index (κ2) is 7.11. The standard InChI is InChI=1S/C17H16N2O2/c1-21-16-7-5-14(6-8-16)3-4-15-9-12-19(11-2-10-18)17(20)13-15/h3-9,12-13H,2,11H2,1H3/b4-3+. The van der Waals surface area contributed by atoms with Crippen LogP contribution in [0.1, 0.15) is 17.5 Å². The molecule has 0 aliphatic rings. The van der Waals surface area contributed by atoms with Crippen molar-refractivity contribution >= 4 is 12.2 Å². The third-order valence-electron chi connectivity index (χ3n) is 3.07. The minimum Gasteiger partial charge on any atom is -0.497 e. The molecule has 2 aromatic rings. The Morgan fingerprint density at radius 3 is 2.52 bits per heavy atom. The van der Waals surface area contributed by atoms with Crippen LogP contribution in [0.25, 0.3) is 12.2 Å².